The number of aryl methyl sites for hydroxylation is 1. The highest BCUT2D eigenvalue weighted by Gasteiger charge is 2.27. The largest absolute Gasteiger partial charge is 0.354 e. The molecule has 1 fully saturated rings. The molecule has 0 saturated carbocycles. The highest BCUT2D eigenvalue weighted by Crippen LogP contribution is 2.26. The molecular weight excluding hydrogens is 384 g/mol. The summed E-state index contributed by atoms with van der Waals surface area (Å²) in [5.74, 6) is 0.727. The molecule has 1 atom stereocenters. The van der Waals surface area contributed by atoms with Crippen LogP contribution in [0.2, 0.25) is 5.02 Å². The Morgan fingerprint density at radius 1 is 1.10 bits per heavy atom. The summed E-state index contributed by atoms with van der Waals surface area (Å²) >= 11 is 6.01. The summed E-state index contributed by atoms with van der Waals surface area (Å²) < 4.78 is 0. The summed E-state index contributed by atoms with van der Waals surface area (Å²) in [4.78, 5) is 14.9. The van der Waals surface area contributed by atoms with Gasteiger partial charge < -0.3 is 10.2 Å². The lowest BCUT2D eigenvalue weighted by Crippen LogP contribution is -2.41. The molecule has 0 aliphatic carbocycles. The SMILES string of the molecule is Cc1ccccc1-c1ccc(N2CCCC(C(=O)Nc3cccc(Cl)c3)C2)nn1. The van der Waals surface area contributed by atoms with Gasteiger partial charge in [0, 0.05) is 29.4 Å². The normalized spacial score (nSPS) is 16.5. The molecule has 1 unspecified atom stereocenters. The third-order valence-electron chi connectivity index (χ3n) is 5.28. The molecule has 1 aliphatic rings. The molecule has 6 heteroatoms. The van der Waals surface area contributed by atoms with E-state index in [1.54, 1.807) is 12.1 Å². The third-order valence-corrected chi connectivity index (χ3v) is 5.51. The Morgan fingerprint density at radius 3 is 2.72 bits per heavy atom. The molecule has 2 aromatic carbocycles. The Balaban J connectivity index is 1.44. The van der Waals surface area contributed by atoms with Crippen LogP contribution in [-0.2, 0) is 4.79 Å². The zero-order valence-corrected chi connectivity index (χ0v) is 17.1. The molecule has 1 amide bonds. The molecule has 0 spiro atoms. The molecule has 0 radical (unpaired) electrons. The topological polar surface area (TPSA) is 58.1 Å². The van der Waals surface area contributed by atoms with E-state index in [9.17, 15) is 4.79 Å². The van der Waals surface area contributed by atoms with Gasteiger partial charge in [-0.05, 0) is 55.7 Å². The maximum absolute atomic E-state index is 12.7. The highest BCUT2D eigenvalue weighted by atomic mass is 35.5. The van der Waals surface area contributed by atoms with Crippen molar-refractivity contribution >= 4 is 29.0 Å². The van der Waals surface area contributed by atoms with Crippen LogP contribution in [0, 0.1) is 12.8 Å². The van der Waals surface area contributed by atoms with E-state index >= 15 is 0 Å². The van der Waals surface area contributed by atoms with Crippen LogP contribution in [0.4, 0.5) is 11.5 Å². The van der Waals surface area contributed by atoms with E-state index in [0.717, 1.165) is 42.1 Å². The predicted molar refractivity (Wildman–Crippen MR) is 117 cm³/mol. The lowest BCUT2D eigenvalue weighted by molar-refractivity contribution is -0.120. The number of benzene rings is 2. The summed E-state index contributed by atoms with van der Waals surface area (Å²) in [6, 6.07) is 19.4. The van der Waals surface area contributed by atoms with Crippen LogP contribution in [-0.4, -0.2) is 29.2 Å². The van der Waals surface area contributed by atoms with Gasteiger partial charge in [-0.15, -0.1) is 10.2 Å². The number of carbonyl (C=O) groups excluding carboxylic acids is 1. The number of amides is 1. The minimum absolute atomic E-state index is 0.0152. The zero-order valence-electron chi connectivity index (χ0n) is 16.3. The van der Waals surface area contributed by atoms with Crippen LogP contribution in [0.3, 0.4) is 0 Å². The smallest absolute Gasteiger partial charge is 0.229 e. The lowest BCUT2D eigenvalue weighted by Gasteiger charge is -2.32. The summed E-state index contributed by atoms with van der Waals surface area (Å²) in [6.07, 6.45) is 1.80. The van der Waals surface area contributed by atoms with Gasteiger partial charge in [0.15, 0.2) is 5.82 Å². The van der Waals surface area contributed by atoms with Crippen molar-refractivity contribution < 1.29 is 4.79 Å². The first-order valence-corrected chi connectivity index (χ1v) is 10.2. The molecular formula is C23H23ClN4O. The van der Waals surface area contributed by atoms with Crippen molar-refractivity contribution in [1.29, 1.82) is 0 Å². The van der Waals surface area contributed by atoms with Gasteiger partial charge in [-0.1, -0.05) is 41.9 Å². The number of piperidine rings is 1. The molecule has 29 heavy (non-hydrogen) atoms. The number of halogens is 1. The number of nitrogens with one attached hydrogen (secondary N) is 1. The van der Waals surface area contributed by atoms with Crippen molar-refractivity contribution in [3.8, 4) is 11.3 Å². The monoisotopic (exact) mass is 406 g/mol. The van der Waals surface area contributed by atoms with Crippen molar-refractivity contribution in [3.05, 3.63) is 71.2 Å². The second kappa shape index (κ2) is 8.62. The van der Waals surface area contributed by atoms with E-state index in [1.165, 1.54) is 5.56 Å². The molecule has 1 N–H and O–H groups in total. The van der Waals surface area contributed by atoms with Gasteiger partial charge >= 0.3 is 0 Å². The third kappa shape index (κ3) is 4.57. The van der Waals surface area contributed by atoms with Crippen LogP contribution in [0.5, 0.6) is 0 Å². The van der Waals surface area contributed by atoms with Crippen LogP contribution in [0.25, 0.3) is 11.3 Å². The fraction of sp³-hybridized carbons (Fsp3) is 0.261. The van der Waals surface area contributed by atoms with Gasteiger partial charge in [-0.25, -0.2) is 0 Å². The Hall–Kier alpha value is -2.92. The van der Waals surface area contributed by atoms with Crippen LogP contribution < -0.4 is 10.2 Å². The van der Waals surface area contributed by atoms with Gasteiger partial charge in [0.1, 0.15) is 0 Å². The minimum Gasteiger partial charge on any atom is -0.354 e. The van der Waals surface area contributed by atoms with Gasteiger partial charge in [-0.3, -0.25) is 4.79 Å². The Kier molecular flexibility index (Phi) is 5.76. The van der Waals surface area contributed by atoms with Gasteiger partial charge in [-0.2, -0.15) is 0 Å². The van der Waals surface area contributed by atoms with E-state index in [-0.39, 0.29) is 11.8 Å². The molecule has 4 rings (SSSR count). The lowest BCUT2D eigenvalue weighted by atomic mass is 9.97. The maximum Gasteiger partial charge on any atom is 0.229 e. The highest BCUT2D eigenvalue weighted by molar-refractivity contribution is 6.30. The molecule has 5 nitrogen and oxygen atoms in total. The van der Waals surface area contributed by atoms with E-state index < -0.39 is 0 Å². The first-order chi connectivity index (χ1) is 14.1. The van der Waals surface area contributed by atoms with Gasteiger partial charge in [0.2, 0.25) is 5.91 Å². The van der Waals surface area contributed by atoms with Crippen molar-refractivity contribution in [1.82, 2.24) is 10.2 Å². The number of anilines is 2. The molecule has 1 aliphatic heterocycles. The van der Waals surface area contributed by atoms with E-state index in [1.807, 2.05) is 36.4 Å². The number of carbonyl (C=O) groups is 1. The number of nitrogens with zero attached hydrogens (tertiary/aromatic N) is 3. The van der Waals surface area contributed by atoms with Gasteiger partial charge in [0.25, 0.3) is 0 Å². The quantitative estimate of drug-likeness (QED) is 0.665. The Morgan fingerprint density at radius 2 is 1.97 bits per heavy atom. The van der Waals surface area contributed by atoms with E-state index in [4.69, 9.17) is 11.6 Å². The molecule has 3 aromatic rings. The predicted octanol–water partition coefficient (Wildman–Crippen LogP) is 4.96. The minimum atomic E-state index is -0.0967. The maximum atomic E-state index is 12.7. The summed E-state index contributed by atoms with van der Waals surface area (Å²) in [6.45, 7) is 3.57. The van der Waals surface area contributed by atoms with Gasteiger partial charge in [0.05, 0.1) is 11.6 Å². The second-order valence-electron chi connectivity index (χ2n) is 7.38. The fourth-order valence-corrected chi connectivity index (χ4v) is 3.90. The van der Waals surface area contributed by atoms with Crippen molar-refractivity contribution in [2.24, 2.45) is 5.92 Å². The average Bonchev–Trinajstić information content (AvgIpc) is 2.74. The number of hydrogen-bond donors (Lipinski definition) is 1. The Labute approximate surface area is 175 Å². The zero-order chi connectivity index (χ0) is 20.2. The van der Waals surface area contributed by atoms with Crippen molar-refractivity contribution in [2.75, 3.05) is 23.3 Å². The molecule has 148 valence electrons. The summed E-state index contributed by atoms with van der Waals surface area (Å²) in [5.41, 5.74) is 3.84. The molecule has 2 heterocycles. The number of hydrogen-bond acceptors (Lipinski definition) is 4. The summed E-state index contributed by atoms with van der Waals surface area (Å²) in [5, 5.41) is 12.4. The summed E-state index contributed by atoms with van der Waals surface area (Å²) in [7, 11) is 0. The number of rotatable bonds is 4. The first-order valence-electron chi connectivity index (χ1n) is 9.81. The van der Waals surface area contributed by atoms with E-state index in [2.05, 4.69) is 39.5 Å². The standard InChI is InChI=1S/C23H23ClN4O/c1-16-6-2-3-10-20(16)21-11-12-22(27-26-21)28-13-5-7-17(15-28)23(29)25-19-9-4-8-18(24)14-19/h2-4,6,8-12,14,17H,5,7,13,15H2,1H3,(H,25,29). The van der Waals surface area contributed by atoms with Crippen LogP contribution in [0.1, 0.15) is 18.4 Å². The van der Waals surface area contributed by atoms with Crippen LogP contribution in [0.15, 0.2) is 60.7 Å². The first kappa shape index (κ1) is 19.4. The Bertz CT molecular complexity index is 1010. The van der Waals surface area contributed by atoms with Crippen molar-refractivity contribution in [3.63, 3.8) is 0 Å². The number of aromatic nitrogens is 2. The molecule has 1 aromatic heterocycles. The average molecular weight is 407 g/mol. The second-order valence-corrected chi connectivity index (χ2v) is 7.81. The van der Waals surface area contributed by atoms with Crippen LogP contribution >= 0.6 is 11.6 Å². The molecule has 0 bridgehead atoms. The van der Waals surface area contributed by atoms with E-state index in [0.29, 0.717) is 11.6 Å². The fourth-order valence-electron chi connectivity index (χ4n) is 3.71. The van der Waals surface area contributed by atoms with Crippen molar-refractivity contribution in [2.45, 2.75) is 19.8 Å². The molecule has 1 saturated heterocycles.